The molecule has 0 saturated heterocycles. The average molecular weight is 313 g/mol. The molecule has 3 N–H and O–H groups in total. The van der Waals surface area contributed by atoms with Gasteiger partial charge in [-0.2, -0.15) is 8.78 Å². The van der Waals surface area contributed by atoms with Gasteiger partial charge in [0.2, 0.25) is 5.91 Å². The number of amides is 1. The van der Waals surface area contributed by atoms with Crippen molar-refractivity contribution >= 4 is 18.3 Å². The maximum atomic E-state index is 13.5. The van der Waals surface area contributed by atoms with Crippen LogP contribution in [0.4, 0.5) is 13.2 Å². The van der Waals surface area contributed by atoms with Crippen LogP contribution in [0.1, 0.15) is 18.9 Å². The van der Waals surface area contributed by atoms with Crippen LogP contribution < -0.4 is 15.8 Å². The lowest BCUT2D eigenvalue weighted by molar-refractivity contribution is -0.121. The van der Waals surface area contributed by atoms with Crippen molar-refractivity contribution in [1.29, 1.82) is 0 Å². The van der Waals surface area contributed by atoms with Crippen molar-refractivity contribution in [1.82, 2.24) is 5.32 Å². The number of nitrogens with two attached hydrogens (primary N) is 1. The number of carbonyl (C=O) groups is 1. The van der Waals surface area contributed by atoms with Crippen LogP contribution >= 0.6 is 12.4 Å². The van der Waals surface area contributed by atoms with Crippen LogP contribution in [0.15, 0.2) is 18.2 Å². The van der Waals surface area contributed by atoms with Gasteiger partial charge < -0.3 is 15.8 Å². The van der Waals surface area contributed by atoms with Crippen molar-refractivity contribution in [2.45, 2.75) is 32.5 Å². The number of hydrogen-bond donors (Lipinski definition) is 2. The van der Waals surface area contributed by atoms with Crippen molar-refractivity contribution in [3.05, 3.63) is 29.6 Å². The predicted molar refractivity (Wildman–Crippen MR) is 70.4 cm³/mol. The molecule has 20 heavy (non-hydrogen) atoms. The Morgan fingerprint density at radius 2 is 2.10 bits per heavy atom. The third-order valence-electron chi connectivity index (χ3n) is 2.26. The predicted octanol–water partition coefficient (Wildman–Crippen LogP) is 2.20. The van der Waals surface area contributed by atoms with Gasteiger partial charge in [-0.05, 0) is 19.1 Å². The van der Waals surface area contributed by atoms with Gasteiger partial charge in [0.1, 0.15) is 11.6 Å². The molecule has 0 aliphatic carbocycles. The first-order valence-electron chi connectivity index (χ1n) is 5.64. The molecule has 8 heteroatoms. The maximum Gasteiger partial charge on any atom is 0.387 e. The lowest BCUT2D eigenvalue weighted by Gasteiger charge is -2.12. The minimum Gasteiger partial charge on any atom is -0.434 e. The zero-order valence-electron chi connectivity index (χ0n) is 10.7. The largest absolute Gasteiger partial charge is 0.434 e. The van der Waals surface area contributed by atoms with E-state index in [0.29, 0.717) is 0 Å². The van der Waals surface area contributed by atoms with Gasteiger partial charge in [0, 0.05) is 24.6 Å². The molecule has 1 rings (SSSR count). The summed E-state index contributed by atoms with van der Waals surface area (Å²) >= 11 is 0. The van der Waals surface area contributed by atoms with Crippen molar-refractivity contribution in [2.75, 3.05) is 0 Å². The van der Waals surface area contributed by atoms with Gasteiger partial charge in [-0.15, -0.1) is 12.4 Å². The fourth-order valence-corrected chi connectivity index (χ4v) is 1.47. The Balaban J connectivity index is 0.00000361. The number of hydrogen-bond acceptors (Lipinski definition) is 3. The number of halogens is 4. The van der Waals surface area contributed by atoms with Gasteiger partial charge in [0.25, 0.3) is 0 Å². The highest BCUT2D eigenvalue weighted by Crippen LogP contribution is 2.23. The summed E-state index contributed by atoms with van der Waals surface area (Å²) in [4.78, 5) is 11.4. The quantitative estimate of drug-likeness (QED) is 0.846. The highest BCUT2D eigenvalue weighted by molar-refractivity contribution is 5.85. The van der Waals surface area contributed by atoms with Gasteiger partial charge in [-0.1, -0.05) is 6.07 Å². The standard InChI is InChI=1S/C12H15F3N2O2.ClH/c1-7(16)5-11(18)17-6-8-9(13)3-2-4-10(8)19-12(14)15;/h2-4,7,12H,5-6,16H2,1H3,(H,17,18);1H. The SMILES string of the molecule is CC(N)CC(=O)NCc1c(F)cccc1OC(F)F.Cl. The second kappa shape index (κ2) is 8.65. The summed E-state index contributed by atoms with van der Waals surface area (Å²) in [6.07, 6.45) is 0.0689. The zero-order chi connectivity index (χ0) is 14.4. The number of carbonyl (C=O) groups excluding carboxylic acids is 1. The van der Waals surface area contributed by atoms with E-state index in [1.807, 2.05) is 0 Å². The Morgan fingerprint density at radius 3 is 2.65 bits per heavy atom. The highest BCUT2D eigenvalue weighted by Gasteiger charge is 2.14. The molecule has 0 fully saturated rings. The fourth-order valence-electron chi connectivity index (χ4n) is 1.47. The first-order chi connectivity index (χ1) is 8.90. The molecule has 1 aromatic rings. The van der Waals surface area contributed by atoms with Crippen LogP contribution in [0, 0.1) is 5.82 Å². The average Bonchev–Trinajstić information content (AvgIpc) is 2.26. The molecule has 1 amide bonds. The van der Waals surface area contributed by atoms with Crippen molar-refractivity contribution in [2.24, 2.45) is 5.73 Å². The summed E-state index contributed by atoms with van der Waals surface area (Å²) in [6.45, 7) is -1.64. The van der Waals surface area contributed by atoms with Crippen LogP contribution in [-0.2, 0) is 11.3 Å². The van der Waals surface area contributed by atoms with Gasteiger partial charge >= 0.3 is 6.61 Å². The molecule has 0 aliphatic rings. The van der Waals surface area contributed by atoms with E-state index in [4.69, 9.17) is 5.73 Å². The van der Waals surface area contributed by atoms with Crippen LogP contribution in [0.3, 0.4) is 0 Å². The third-order valence-corrected chi connectivity index (χ3v) is 2.26. The Bertz CT molecular complexity index is 445. The molecule has 114 valence electrons. The minimum atomic E-state index is -3.06. The lowest BCUT2D eigenvalue weighted by atomic mass is 10.1. The van der Waals surface area contributed by atoms with Gasteiger partial charge in [0.05, 0.1) is 0 Å². The second-order valence-corrected chi connectivity index (χ2v) is 4.05. The lowest BCUT2D eigenvalue weighted by Crippen LogP contribution is -2.30. The van der Waals surface area contributed by atoms with E-state index in [2.05, 4.69) is 10.1 Å². The number of rotatable bonds is 6. The molecular weight excluding hydrogens is 297 g/mol. The summed E-state index contributed by atoms with van der Waals surface area (Å²) in [7, 11) is 0. The molecule has 1 aromatic carbocycles. The summed E-state index contributed by atoms with van der Waals surface area (Å²) in [6, 6.07) is 3.23. The van der Waals surface area contributed by atoms with Gasteiger partial charge in [-0.3, -0.25) is 4.79 Å². The Kier molecular flexibility index (Phi) is 8.02. The van der Waals surface area contributed by atoms with Crippen molar-refractivity contribution < 1.29 is 22.7 Å². The smallest absolute Gasteiger partial charge is 0.387 e. The van der Waals surface area contributed by atoms with Crippen LogP contribution in [0.5, 0.6) is 5.75 Å². The number of alkyl halides is 2. The first-order valence-corrected chi connectivity index (χ1v) is 5.64. The summed E-state index contributed by atoms with van der Waals surface area (Å²) < 4.78 is 42.0. The molecule has 0 spiro atoms. The monoisotopic (exact) mass is 312 g/mol. The summed E-state index contributed by atoms with van der Waals surface area (Å²) in [5.41, 5.74) is 5.30. The van der Waals surface area contributed by atoms with E-state index < -0.39 is 12.4 Å². The molecule has 0 saturated carbocycles. The topological polar surface area (TPSA) is 64.4 Å². The summed E-state index contributed by atoms with van der Waals surface area (Å²) in [5.74, 6) is -1.41. The fraction of sp³-hybridized carbons (Fsp3) is 0.417. The van der Waals surface area contributed by atoms with Crippen molar-refractivity contribution in [3.8, 4) is 5.75 Å². The molecule has 1 atom stereocenters. The van der Waals surface area contributed by atoms with E-state index in [-0.39, 0.29) is 48.6 Å². The van der Waals surface area contributed by atoms with E-state index in [9.17, 15) is 18.0 Å². The third kappa shape index (κ3) is 6.12. The molecule has 4 nitrogen and oxygen atoms in total. The number of ether oxygens (including phenoxy) is 1. The van der Waals surface area contributed by atoms with E-state index in [1.54, 1.807) is 6.92 Å². The molecule has 0 heterocycles. The maximum absolute atomic E-state index is 13.5. The Labute approximate surface area is 120 Å². The van der Waals surface area contributed by atoms with E-state index >= 15 is 0 Å². The molecule has 0 aromatic heterocycles. The Morgan fingerprint density at radius 1 is 1.45 bits per heavy atom. The summed E-state index contributed by atoms with van der Waals surface area (Å²) in [5, 5.41) is 2.40. The van der Waals surface area contributed by atoms with Gasteiger partial charge in [-0.25, -0.2) is 4.39 Å². The first kappa shape index (κ1) is 18.5. The second-order valence-electron chi connectivity index (χ2n) is 4.05. The van der Waals surface area contributed by atoms with E-state index in [0.717, 1.165) is 6.07 Å². The zero-order valence-corrected chi connectivity index (χ0v) is 11.6. The minimum absolute atomic E-state index is 0. The van der Waals surface area contributed by atoms with Crippen molar-refractivity contribution in [3.63, 3.8) is 0 Å². The highest BCUT2D eigenvalue weighted by atomic mass is 35.5. The Hall–Kier alpha value is -1.47. The van der Waals surface area contributed by atoms with Crippen LogP contribution in [0.25, 0.3) is 0 Å². The molecular formula is C12H16ClF3N2O2. The number of benzene rings is 1. The van der Waals surface area contributed by atoms with Crippen LogP contribution in [-0.4, -0.2) is 18.6 Å². The molecule has 0 bridgehead atoms. The number of nitrogens with one attached hydrogen (secondary N) is 1. The van der Waals surface area contributed by atoms with E-state index in [1.165, 1.54) is 12.1 Å². The van der Waals surface area contributed by atoms with Gasteiger partial charge in [0.15, 0.2) is 0 Å². The normalized spacial score (nSPS) is 11.7. The molecule has 1 unspecified atom stereocenters. The van der Waals surface area contributed by atoms with Crippen LogP contribution in [0.2, 0.25) is 0 Å². The molecule has 0 radical (unpaired) electrons. The molecule has 0 aliphatic heterocycles.